The highest BCUT2D eigenvalue weighted by Crippen LogP contribution is 2.37. The number of nitriles is 1. The zero-order valence-electron chi connectivity index (χ0n) is 17.4. The van der Waals surface area contributed by atoms with Gasteiger partial charge < -0.3 is 5.32 Å². The third-order valence-electron chi connectivity index (χ3n) is 6.03. The number of hydrogen-bond acceptors (Lipinski definition) is 5. The first-order chi connectivity index (χ1) is 15.0. The zero-order chi connectivity index (χ0) is 21.8. The Kier molecular flexibility index (Phi) is 7.24. The van der Waals surface area contributed by atoms with Crippen LogP contribution in [0.25, 0.3) is 0 Å². The fraction of sp³-hybridized carbons (Fsp3) is 0.478. The Morgan fingerprint density at radius 1 is 1.16 bits per heavy atom. The second kappa shape index (κ2) is 10.1. The summed E-state index contributed by atoms with van der Waals surface area (Å²) >= 11 is 7.72. The minimum Gasteiger partial charge on any atom is -0.315 e. The van der Waals surface area contributed by atoms with Crippen LogP contribution in [-0.4, -0.2) is 48.4 Å². The molecule has 2 aromatic rings. The van der Waals surface area contributed by atoms with Crippen molar-refractivity contribution in [2.45, 2.75) is 38.6 Å². The van der Waals surface area contributed by atoms with E-state index < -0.39 is 0 Å². The number of piperazine rings is 1. The van der Waals surface area contributed by atoms with Crippen LogP contribution < -0.4 is 5.32 Å². The van der Waals surface area contributed by atoms with Crippen LogP contribution >= 0.6 is 22.9 Å². The lowest BCUT2D eigenvalue weighted by molar-refractivity contribution is -0.117. The van der Waals surface area contributed by atoms with Crippen molar-refractivity contribution in [1.29, 1.82) is 5.26 Å². The predicted molar refractivity (Wildman–Crippen MR) is 122 cm³/mol. The minimum absolute atomic E-state index is 0.0667. The zero-order valence-corrected chi connectivity index (χ0v) is 19.0. The van der Waals surface area contributed by atoms with Crippen LogP contribution in [0.1, 0.15) is 40.8 Å². The van der Waals surface area contributed by atoms with Crippen molar-refractivity contribution in [2.24, 2.45) is 0 Å². The van der Waals surface area contributed by atoms with E-state index in [1.54, 1.807) is 17.4 Å². The van der Waals surface area contributed by atoms with Crippen molar-refractivity contribution in [2.75, 3.05) is 38.0 Å². The SMILES string of the molecule is N#Cc1c(NC(=O)CN2CCN(Cc3ccc(F)cc3Cl)CC2)sc2c1CCCCC2. The lowest BCUT2D eigenvalue weighted by Gasteiger charge is -2.34. The van der Waals surface area contributed by atoms with Crippen LogP contribution in [0, 0.1) is 17.1 Å². The topological polar surface area (TPSA) is 59.4 Å². The van der Waals surface area contributed by atoms with E-state index in [-0.39, 0.29) is 11.7 Å². The number of anilines is 1. The highest BCUT2D eigenvalue weighted by Gasteiger charge is 2.23. The van der Waals surface area contributed by atoms with E-state index in [1.165, 1.54) is 23.4 Å². The van der Waals surface area contributed by atoms with Crippen LogP contribution in [-0.2, 0) is 24.2 Å². The third kappa shape index (κ3) is 5.45. The van der Waals surface area contributed by atoms with E-state index in [1.807, 2.05) is 0 Å². The van der Waals surface area contributed by atoms with Gasteiger partial charge in [-0.2, -0.15) is 5.26 Å². The fourth-order valence-electron chi connectivity index (χ4n) is 4.31. The maximum atomic E-state index is 13.2. The maximum Gasteiger partial charge on any atom is 0.239 e. The van der Waals surface area contributed by atoms with Gasteiger partial charge in [-0.3, -0.25) is 14.6 Å². The molecule has 0 radical (unpaired) electrons. The van der Waals surface area contributed by atoms with Gasteiger partial charge >= 0.3 is 0 Å². The number of aryl methyl sites for hydroxylation is 1. The number of nitrogens with one attached hydrogen (secondary N) is 1. The number of fused-ring (bicyclic) bond motifs is 1. The summed E-state index contributed by atoms with van der Waals surface area (Å²) in [6, 6.07) is 6.82. The second-order valence-corrected chi connectivity index (χ2v) is 9.73. The van der Waals surface area contributed by atoms with Crippen molar-refractivity contribution in [3.05, 3.63) is 50.6 Å². The van der Waals surface area contributed by atoms with Gasteiger partial charge in [0.05, 0.1) is 12.1 Å². The Morgan fingerprint density at radius 3 is 2.65 bits per heavy atom. The van der Waals surface area contributed by atoms with Gasteiger partial charge in [-0.05, 0) is 48.9 Å². The molecular formula is C23H26ClFN4OS. The predicted octanol–water partition coefficient (Wildman–Crippen LogP) is 4.44. The molecule has 1 fully saturated rings. The summed E-state index contributed by atoms with van der Waals surface area (Å²) in [7, 11) is 0. The number of amides is 1. The quantitative estimate of drug-likeness (QED) is 0.670. The molecule has 0 atom stereocenters. The molecule has 1 aliphatic heterocycles. The van der Waals surface area contributed by atoms with Crippen molar-refractivity contribution in [1.82, 2.24) is 9.80 Å². The molecule has 8 heteroatoms. The summed E-state index contributed by atoms with van der Waals surface area (Å²) in [5.74, 6) is -0.394. The van der Waals surface area contributed by atoms with Gasteiger partial charge in [0.15, 0.2) is 0 Å². The number of rotatable bonds is 5. The molecule has 1 N–H and O–H groups in total. The van der Waals surface area contributed by atoms with E-state index >= 15 is 0 Å². The Hall–Kier alpha value is -1.98. The van der Waals surface area contributed by atoms with Gasteiger partial charge in [0.2, 0.25) is 5.91 Å². The molecule has 0 unspecified atom stereocenters. The van der Waals surface area contributed by atoms with E-state index in [4.69, 9.17) is 11.6 Å². The van der Waals surface area contributed by atoms with Gasteiger partial charge in [0.1, 0.15) is 16.9 Å². The number of nitrogens with zero attached hydrogens (tertiary/aromatic N) is 3. The third-order valence-corrected chi connectivity index (χ3v) is 7.59. The average Bonchev–Trinajstić information content (AvgIpc) is 2.90. The van der Waals surface area contributed by atoms with Crippen LogP contribution in [0.15, 0.2) is 18.2 Å². The van der Waals surface area contributed by atoms with Gasteiger partial charge in [-0.15, -0.1) is 11.3 Å². The van der Waals surface area contributed by atoms with Crippen LogP contribution in [0.5, 0.6) is 0 Å². The first-order valence-electron chi connectivity index (χ1n) is 10.8. The number of hydrogen-bond donors (Lipinski definition) is 1. The van der Waals surface area contributed by atoms with Crippen LogP contribution in [0.4, 0.5) is 9.39 Å². The van der Waals surface area contributed by atoms with Crippen molar-refractivity contribution in [3.63, 3.8) is 0 Å². The molecule has 0 spiro atoms. The minimum atomic E-state index is -0.328. The van der Waals surface area contributed by atoms with E-state index in [0.29, 0.717) is 28.7 Å². The van der Waals surface area contributed by atoms with Crippen LogP contribution in [0.3, 0.4) is 0 Å². The monoisotopic (exact) mass is 460 g/mol. The van der Waals surface area contributed by atoms with Crippen molar-refractivity contribution >= 4 is 33.8 Å². The molecule has 1 amide bonds. The van der Waals surface area contributed by atoms with E-state index in [9.17, 15) is 14.4 Å². The van der Waals surface area contributed by atoms with Gasteiger partial charge in [0, 0.05) is 42.6 Å². The lowest BCUT2D eigenvalue weighted by atomic mass is 10.1. The summed E-state index contributed by atoms with van der Waals surface area (Å²) < 4.78 is 13.2. The summed E-state index contributed by atoms with van der Waals surface area (Å²) in [6.07, 6.45) is 5.40. The summed E-state index contributed by atoms with van der Waals surface area (Å²) in [5, 5.41) is 13.8. The molecule has 2 heterocycles. The molecule has 4 rings (SSSR count). The molecule has 1 aromatic heterocycles. The van der Waals surface area contributed by atoms with Gasteiger partial charge in [0.25, 0.3) is 0 Å². The first kappa shape index (κ1) is 22.2. The van der Waals surface area contributed by atoms with E-state index in [2.05, 4.69) is 21.2 Å². The van der Waals surface area contributed by atoms with Crippen molar-refractivity contribution in [3.8, 4) is 6.07 Å². The number of thiophene rings is 1. The number of benzene rings is 1. The normalized spacial score (nSPS) is 17.6. The molecule has 164 valence electrons. The Labute approximate surface area is 191 Å². The Balaban J connectivity index is 1.29. The molecule has 1 aliphatic carbocycles. The standard InChI is InChI=1S/C23H26ClFN4OS/c24-20-12-17(25)7-6-16(20)14-28-8-10-29(11-9-28)15-22(30)27-23-19(13-26)18-4-2-1-3-5-21(18)31-23/h6-7,12H,1-5,8-11,14-15H2,(H,27,30). The highest BCUT2D eigenvalue weighted by atomic mass is 35.5. The average molecular weight is 461 g/mol. The number of carbonyl (C=O) groups excluding carboxylic acids is 1. The molecule has 0 bridgehead atoms. The molecule has 5 nitrogen and oxygen atoms in total. The van der Waals surface area contributed by atoms with Gasteiger partial charge in [-0.1, -0.05) is 24.1 Å². The Morgan fingerprint density at radius 2 is 1.90 bits per heavy atom. The molecule has 0 saturated carbocycles. The first-order valence-corrected chi connectivity index (χ1v) is 12.0. The largest absolute Gasteiger partial charge is 0.315 e. The molecule has 31 heavy (non-hydrogen) atoms. The van der Waals surface area contributed by atoms with Gasteiger partial charge in [-0.25, -0.2) is 4.39 Å². The second-order valence-electron chi connectivity index (χ2n) is 8.22. The molecular weight excluding hydrogens is 435 g/mol. The van der Waals surface area contributed by atoms with Crippen LogP contribution in [0.2, 0.25) is 5.02 Å². The number of halogens is 2. The Bertz CT molecular complexity index is 994. The molecule has 1 aromatic carbocycles. The van der Waals surface area contributed by atoms with Crippen molar-refractivity contribution < 1.29 is 9.18 Å². The molecule has 2 aliphatic rings. The maximum absolute atomic E-state index is 13.2. The number of carbonyl (C=O) groups is 1. The smallest absolute Gasteiger partial charge is 0.239 e. The lowest BCUT2D eigenvalue weighted by Crippen LogP contribution is -2.48. The highest BCUT2D eigenvalue weighted by molar-refractivity contribution is 7.16. The van der Waals surface area contributed by atoms with E-state index in [0.717, 1.165) is 63.0 Å². The summed E-state index contributed by atoms with van der Waals surface area (Å²) in [6.45, 7) is 4.18. The summed E-state index contributed by atoms with van der Waals surface area (Å²) in [5.41, 5.74) is 2.72. The summed E-state index contributed by atoms with van der Waals surface area (Å²) in [4.78, 5) is 18.3. The molecule has 1 saturated heterocycles. The fourth-order valence-corrected chi connectivity index (χ4v) is 5.80.